The quantitative estimate of drug-likeness (QED) is 0.728. The SMILES string of the molecule is CC1CN(CC2Cc3ccccc32)CCC1Cl. The molecule has 3 atom stereocenters. The number of hydrogen-bond acceptors (Lipinski definition) is 1. The molecule has 0 bridgehead atoms. The molecule has 1 nitrogen and oxygen atoms in total. The van der Waals surface area contributed by atoms with Crippen molar-refractivity contribution in [2.24, 2.45) is 5.92 Å². The number of benzene rings is 1. The van der Waals surface area contributed by atoms with Gasteiger partial charge in [0.2, 0.25) is 0 Å². The van der Waals surface area contributed by atoms with E-state index in [0.717, 1.165) is 12.3 Å². The lowest BCUT2D eigenvalue weighted by atomic mass is 9.77. The molecule has 2 heteroatoms. The second-order valence-corrected chi connectivity index (χ2v) is 6.20. The van der Waals surface area contributed by atoms with Crippen molar-refractivity contribution in [2.75, 3.05) is 19.6 Å². The van der Waals surface area contributed by atoms with E-state index in [-0.39, 0.29) is 0 Å². The first-order valence-corrected chi connectivity index (χ1v) is 7.12. The fourth-order valence-electron chi connectivity index (χ4n) is 3.21. The maximum absolute atomic E-state index is 6.27. The zero-order valence-electron chi connectivity index (χ0n) is 10.4. The van der Waals surface area contributed by atoms with Crippen molar-refractivity contribution < 1.29 is 0 Å². The van der Waals surface area contributed by atoms with Gasteiger partial charge in [-0.1, -0.05) is 31.2 Å². The van der Waals surface area contributed by atoms with Gasteiger partial charge in [-0.15, -0.1) is 11.6 Å². The Morgan fingerprint density at radius 1 is 1.35 bits per heavy atom. The number of rotatable bonds is 2. The summed E-state index contributed by atoms with van der Waals surface area (Å²) in [6.45, 7) is 5.85. The lowest BCUT2D eigenvalue weighted by Crippen LogP contribution is -2.43. The normalized spacial score (nSPS) is 32.9. The first-order chi connectivity index (χ1) is 8.24. The number of piperidine rings is 1. The summed E-state index contributed by atoms with van der Waals surface area (Å²) in [6, 6.07) is 8.87. The molecule has 0 spiro atoms. The Morgan fingerprint density at radius 2 is 2.18 bits per heavy atom. The van der Waals surface area contributed by atoms with Crippen LogP contribution in [-0.2, 0) is 6.42 Å². The lowest BCUT2D eigenvalue weighted by Gasteiger charge is -2.39. The molecule has 1 heterocycles. The fourth-order valence-corrected chi connectivity index (χ4v) is 3.38. The standard InChI is InChI=1S/C15H20ClN/c1-11-9-17(7-6-15(11)16)10-13-8-12-4-2-3-5-14(12)13/h2-5,11,13,15H,6-10H2,1H3. The molecule has 17 heavy (non-hydrogen) atoms. The molecule has 1 aromatic rings. The van der Waals surface area contributed by atoms with Gasteiger partial charge in [-0.25, -0.2) is 0 Å². The number of fused-ring (bicyclic) bond motifs is 1. The van der Waals surface area contributed by atoms with E-state index in [1.54, 1.807) is 11.1 Å². The van der Waals surface area contributed by atoms with Gasteiger partial charge in [0.25, 0.3) is 0 Å². The molecule has 3 rings (SSSR count). The van der Waals surface area contributed by atoms with E-state index >= 15 is 0 Å². The molecule has 1 aromatic carbocycles. The van der Waals surface area contributed by atoms with Crippen molar-refractivity contribution in [3.63, 3.8) is 0 Å². The van der Waals surface area contributed by atoms with Crippen LogP contribution in [0.15, 0.2) is 24.3 Å². The van der Waals surface area contributed by atoms with Gasteiger partial charge in [-0.05, 0) is 36.4 Å². The molecular weight excluding hydrogens is 230 g/mol. The van der Waals surface area contributed by atoms with E-state index in [0.29, 0.717) is 11.3 Å². The maximum Gasteiger partial charge on any atom is 0.0386 e. The average Bonchev–Trinajstić information content (AvgIpc) is 2.31. The van der Waals surface area contributed by atoms with Gasteiger partial charge < -0.3 is 4.90 Å². The zero-order chi connectivity index (χ0) is 11.8. The topological polar surface area (TPSA) is 3.24 Å². The minimum Gasteiger partial charge on any atom is -0.302 e. The third-order valence-corrected chi connectivity index (χ3v) is 4.97. The molecule has 0 radical (unpaired) electrons. The first-order valence-electron chi connectivity index (χ1n) is 6.68. The molecule has 0 amide bonds. The number of nitrogens with zero attached hydrogens (tertiary/aromatic N) is 1. The minimum absolute atomic E-state index is 0.389. The summed E-state index contributed by atoms with van der Waals surface area (Å²) in [5.41, 5.74) is 3.13. The zero-order valence-corrected chi connectivity index (χ0v) is 11.2. The van der Waals surface area contributed by atoms with Crippen molar-refractivity contribution in [3.8, 4) is 0 Å². The summed E-state index contributed by atoms with van der Waals surface area (Å²) in [6.07, 6.45) is 2.42. The van der Waals surface area contributed by atoms with Gasteiger partial charge in [-0.2, -0.15) is 0 Å². The lowest BCUT2D eigenvalue weighted by molar-refractivity contribution is 0.172. The summed E-state index contributed by atoms with van der Waals surface area (Å²) in [5.74, 6) is 1.41. The average molecular weight is 250 g/mol. The van der Waals surface area contributed by atoms with Crippen molar-refractivity contribution in [1.82, 2.24) is 4.90 Å². The highest BCUT2D eigenvalue weighted by molar-refractivity contribution is 6.20. The van der Waals surface area contributed by atoms with E-state index in [4.69, 9.17) is 11.6 Å². The van der Waals surface area contributed by atoms with Crippen molar-refractivity contribution in [2.45, 2.75) is 31.1 Å². The number of hydrogen-bond donors (Lipinski definition) is 0. The van der Waals surface area contributed by atoms with Crippen LogP contribution in [0.2, 0.25) is 0 Å². The second kappa shape index (κ2) is 4.62. The summed E-state index contributed by atoms with van der Waals surface area (Å²) in [7, 11) is 0. The van der Waals surface area contributed by atoms with Crippen LogP contribution in [0.1, 0.15) is 30.4 Å². The Balaban J connectivity index is 1.59. The summed E-state index contributed by atoms with van der Waals surface area (Å²) < 4.78 is 0. The van der Waals surface area contributed by atoms with E-state index in [1.807, 2.05) is 0 Å². The highest BCUT2D eigenvalue weighted by atomic mass is 35.5. The molecule has 0 saturated carbocycles. The molecular formula is C15H20ClN. The van der Waals surface area contributed by atoms with Crippen molar-refractivity contribution >= 4 is 11.6 Å². The van der Waals surface area contributed by atoms with E-state index in [9.17, 15) is 0 Å². The van der Waals surface area contributed by atoms with Crippen LogP contribution in [0.25, 0.3) is 0 Å². The van der Waals surface area contributed by atoms with Crippen LogP contribution >= 0.6 is 11.6 Å². The monoisotopic (exact) mass is 249 g/mol. The van der Waals surface area contributed by atoms with E-state index < -0.39 is 0 Å². The predicted molar refractivity (Wildman–Crippen MR) is 72.7 cm³/mol. The van der Waals surface area contributed by atoms with Gasteiger partial charge in [-0.3, -0.25) is 0 Å². The number of likely N-dealkylation sites (tertiary alicyclic amines) is 1. The third-order valence-electron chi connectivity index (χ3n) is 4.32. The van der Waals surface area contributed by atoms with Crippen molar-refractivity contribution in [1.29, 1.82) is 0 Å². The van der Waals surface area contributed by atoms with E-state index in [2.05, 4.69) is 36.1 Å². The number of alkyl halides is 1. The van der Waals surface area contributed by atoms with Crippen LogP contribution in [0.4, 0.5) is 0 Å². The van der Waals surface area contributed by atoms with Crippen LogP contribution in [-0.4, -0.2) is 29.9 Å². The van der Waals surface area contributed by atoms with Crippen LogP contribution < -0.4 is 0 Å². The summed E-state index contributed by atoms with van der Waals surface area (Å²) in [5, 5.41) is 0.389. The fraction of sp³-hybridized carbons (Fsp3) is 0.600. The van der Waals surface area contributed by atoms with Gasteiger partial charge in [0.15, 0.2) is 0 Å². The Hall–Kier alpha value is -0.530. The van der Waals surface area contributed by atoms with E-state index in [1.165, 1.54) is 26.1 Å². The van der Waals surface area contributed by atoms with Gasteiger partial charge in [0.05, 0.1) is 0 Å². The van der Waals surface area contributed by atoms with Crippen LogP contribution in [0.3, 0.4) is 0 Å². The Morgan fingerprint density at radius 3 is 2.94 bits per heavy atom. The molecule has 0 aromatic heterocycles. The second-order valence-electron chi connectivity index (χ2n) is 5.64. The predicted octanol–water partition coefficient (Wildman–Crippen LogP) is 3.28. The van der Waals surface area contributed by atoms with Gasteiger partial charge in [0, 0.05) is 24.4 Å². The highest BCUT2D eigenvalue weighted by Gasteiger charge is 2.30. The minimum atomic E-state index is 0.389. The maximum atomic E-state index is 6.27. The third kappa shape index (κ3) is 2.23. The molecule has 1 aliphatic heterocycles. The molecule has 1 fully saturated rings. The summed E-state index contributed by atoms with van der Waals surface area (Å²) >= 11 is 6.27. The largest absolute Gasteiger partial charge is 0.302 e. The summed E-state index contributed by atoms with van der Waals surface area (Å²) in [4.78, 5) is 2.60. The molecule has 0 N–H and O–H groups in total. The Kier molecular flexibility index (Phi) is 3.14. The van der Waals surface area contributed by atoms with Crippen LogP contribution in [0, 0.1) is 5.92 Å². The van der Waals surface area contributed by atoms with Gasteiger partial charge in [0.1, 0.15) is 0 Å². The number of halogens is 1. The molecule has 3 unspecified atom stereocenters. The molecule has 2 aliphatic rings. The van der Waals surface area contributed by atoms with Gasteiger partial charge >= 0.3 is 0 Å². The van der Waals surface area contributed by atoms with Crippen molar-refractivity contribution in [3.05, 3.63) is 35.4 Å². The Labute approximate surface area is 109 Å². The first kappa shape index (κ1) is 11.6. The molecule has 92 valence electrons. The van der Waals surface area contributed by atoms with Crippen LogP contribution in [0.5, 0.6) is 0 Å². The highest BCUT2D eigenvalue weighted by Crippen LogP contribution is 2.36. The Bertz CT molecular complexity index is 404. The molecule has 1 saturated heterocycles. The smallest absolute Gasteiger partial charge is 0.0386 e. The molecule has 1 aliphatic carbocycles.